The van der Waals surface area contributed by atoms with Gasteiger partial charge in [0.1, 0.15) is 0 Å². The van der Waals surface area contributed by atoms with Crippen LogP contribution in [0.1, 0.15) is 32.1 Å². The maximum Gasteiger partial charge on any atom is 0.634 e. The van der Waals surface area contributed by atoms with Gasteiger partial charge in [-0.25, -0.2) is 0 Å². The number of rotatable bonds is 2. The molecule has 2 N–H and O–H groups in total. The van der Waals surface area contributed by atoms with Crippen LogP contribution in [0.25, 0.3) is 0 Å². The minimum Gasteiger partial charge on any atom is -0.402 e. The van der Waals surface area contributed by atoms with E-state index >= 15 is 0 Å². The SMILES string of the molecule is OB(O)OC1CCCCC1.[Cu]. The van der Waals surface area contributed by atoms with E-state index in [0.717, 1.165) is 25.7 Å². The molecule has 1 aliphatic carbocycles. The Kier molecular flexibility index (Phi) is 6.29. The summed E-state index contributed by atoms with van der Waals surface area (Å²) in [6.45, 7) is 0. The molecule has 1 rings (SSSR count). The smallest absolute Gasteiger partial charge is 0.402 e. The molecule has 0 aromatic rings. The van der Waals surface area contributed by atoms with Crippen molar-refractivity contribution in [1.82, 2.24) is 0 Å². The molecule has 5 heteroatoms. The average molecular weight is 208 g/mol. The summed E-state index contributed by atoms with van der Waals surface area (Å²) in [4.78, 5) is 0. The maximum absolute atomic E-state index is 8.44. The summed E-state index contributed by atoms with van der Waals surface area (Å²) in [6.07, 6.45) is 5.57. The summed E-state index contributed by atoms with van der Waals surface area (Å²) in [6, 6.07) is 0. The summed E-state index contributed by atoms with van der Waals surface area (Å²) in [5.41, 5.74) is 0. The van der Waals surface area contributed by atoms with E-state index in [4.69, 9.17) is 14.7 Å². The van der Waals surface area contributed by atoms with E-state index in [2.05, 4.69) is 0 Å². The van der Waals surface area contributed by atoms with Gasteiger partial charge < -0.3 is 14.7 Å². The monoisotopic (exact) mass is 207 g/mol. The van der Waals surface area contributed by atoms with E-state index < -0.39 is 7.32 Å². The average Bonchev–Trinajstić information content (AvgIpc) is 1.88. The topological polar surface area (TPSA) is 49.7 Å². The molecule has 1 fully saturated rings. The van der Waals surface area contributed by atoms with Crippen LogP contribution in [-0.4, -0.2) is 23.5 Å². The first-order valence-electron chi connectivity index (χ1n) is 3.80. The van der Waals surface area contributed by atoms with Gasteiger partial charge in [0.05, 0.1) is 0 Å². The second-order valence-electron chi connectivity index (χ2n) is 2.72. The predicted molar refractivity (Wildman–Crippen MR) is 38.1 cm³/mol. The van der Waals surface area contributed by atoms with Crippen LogP contribution in [0.2, 0.25) is 0 Å². The zero-order valence-electron chi connectivity index (χ0n) is 6.29. The van der Waals surface area contributed by atoms with E-state index in [0.29, 0.717) is 0 Å². The Labute approximate surface area is 77.8 Å². The molecule has 0 saturated heterocycles. The molecule has 0 aliphatic heterocycles. The van der Waals surface area contributed by atoms with Gasteiger partial charge in [-0.15, -0.1) is 0 Å². The van der Waals surface area contributed by atoms with Crippen LogP contribution in [0.3, 0.4) is 0 Å². The minimum atomic E-state index is -1.58. The predicted octanol–water partition coefficient (Wildman–Crippen LogP) is 0.303. The van der Waals surface area contributed by atoms with Gasteiger partial charge in [-0.2, -0.15) is 0 Å². The summed E-state index contributed by atoms with van der Waals surface area (Å²) in [5, 5.41) is 16.9. The minimum absolute atomic E-state index is 0. The van der Waals surface area contributed by atoms with Gasteiger partial charge in [0.15, 0.2) is 0 Å². The largest absolute Gasteiger partial charge is 0.634 e. The Morgan fingerprint density at radius 1 is 1.09 bits per heavy atom. The van der Waals surface area contributed by atoms with Gasteiger partial charge in [0, 0.05) is 23.2 Å². The molecular formula is C6H13BCuO3. The van der Waals surface area contributed by atoms with Gasteiger partial charge in [0.2, 0.25) is 0 Å². The van der Waals surface area contributed by atoms with E-state index in [1.807, 2.05) is 0 Å². The second-order valence-corrected chi connectivity index (χ2v) is 2.72. The Morgan fingerprint density at radius 2 is 1.64 bits per heavy atom. The Balaban J connectivity index is 0.000001000. The first-order chi connectivity index (χ1) is 4.79. The zero-order valence-corrected chi connectivity index (χ0v) is 7.24. The Hall–Kier alpha value is 0.464. The molecule has 0 heterocycles. The van der Waals surface area contributed by atoms with E-state index in [9.17, 15) is 0 Å². The van der Waals surface area contributed by atoms with E-state index in [1.165, 1.54) is 6.42 Å². The fourth-order valence-corrected chi connectivity index (χ4v) is 1.37. The molecule has 69 valence electrons. The molecule has 0 spiro atoms. The summed E-state index contributed by atoms with van der Waals surface area (Å²) in [7, 11) is -1.58. The third-order valence-electron chi connectivity index (χ3n) is 1.87. The molecule has 0 aromatic carbocycles. The number of hydrogen-bond acceptors (Lipinski definition) is 3. The number of hydrogen-bond donors (Lipinski definition) is 2. The first-order valence-corrected chi connectivity index (χ1v) is 3.80. The summed E-state index contributed by atoms with van der Waals surface area (Å²) < 4.78 is 4.80. The molecule has 11 heavy (non-hydrogen) atoms. The van der Waals surface area contributed by atoms with Crippen LogP contribution in [-0.2, 0) is 21.7 Å². The third-order valence-corrected chi connectivity index (χ3v) is 1.87. The molecule has 3 nitrogen and oxygen atoms in total. The van der Waals surface area contributed by atoms with Crippen molar-refractivity contribution in [3.63, 3.8) is 0 Å². The van der Waals surface area contributed by atoms with Gasteiger partial charge >= 0.3 is 7.32 Å². The first kappa shape index (κ1) is 11.5. The van der Waals surface area contributed by atoms with Crippen molar-refractivity contribution >= 4 is 7.32 Å². The van der Waals surface area contributed by atoms with Crippen LogP contribution < -0.4 is 0 Å². The van der Waals surface area contributed by atoms with E-state index in [1.54, 1.807) is 0 Å². The maximum atomic E-state index is 8.44. The van der Waals surface area contributed by atoms with Crippen molar-refractivity contribution < 1.29 is 31.8 Å². The molecule has 1 saturated carbocycles. The molecule has 1 radical (unpaired) electrons. The standard InChI is InChI=1S/C6H13BO3.Cu/c8-7(9)10-6-4-2-1-3-5-6;/h6,8-9H,1-5H2;. The van der Waals surface area contributed by atoms with Crippen molar-refractivity contribution in [1.29, 1.82) is 0 Å². The van der Waals surface area contributed by atoms with Crippen molar-refractivity contribution in [2.45, 2.75) is 38.2 Å². The fraction of sp³-hybridized carbons (Fsp3) is 1.00. The van der Waals surface area contributed by atoms with Gasteiger partial charge in [-0.1, -0.05) is 19.3 Å². The van der Waals surface area contributed by atoms with Crippen molar-refractivity contribution in [3.05, 3.63) is 0 Å². The quantitative estimate of drug-likeness (QED) is 0.641. The van der Waals surface area contributed by atoms with Crippen LogP contribution in [0.5, 0.6) is 0 Å². The normalized spacial score (nSPS) is 19.1. The van der Waals surface area contributed by atoms with Gasteiger partial charge in [-0.05, 0) is 12.8 Å². The summed E-state index contributed by atoms with van der Waals surface area (Å²) in [5.74, 6) is 0. The van der Waals surface area contributed by atoms with Gasteiger partial charge in [0.25, 0.3) is 0 Å². The van der Waals surface area contributed by atoms with Crippen molar-refractivity contribution in [2.75, 3.05) is 0 Å². The molecule has 0 atom stereocenters. The van der Waals surface area contributed by atoms with E-state index in [-0.39, 0.29) is 23.2 Å². The molecule has 0 amide bonds. The van der Waals surface area contributed by atoms with Crippen LogP contribution in [0.15, 0.2) is 0 Å². The van der Waals surface area contributed by atoms with Crippen LogP contribution in [0, 0.1) is 0 Å². The van der Waals surface area contributed by atoms with Crippen molar-refractivity contribution in [2.24, 2.45) is 0 Å². The fourth-order valence-electron chi connectivity index (χ4n) is 1.37. The molecule has 0 aromatic heterocycles. The van der Waals surface area contributed by atoms with Gasteiger partial charge in [-0.3, -0.25) is 0 Å². The zero-order chi connectivity index (χ0) is 7.40. The summed E-state index contributed by atoms with van der Waals surface area (Å²) >= 11 is 0. The third kappa shape index (κ3) is 4.83. The van der Waals surface area contributed by atoms with Crippen LogP contribution in [0.4, 0.5) is 0 Å². The molecule has 0 bridgehead atoms. The molecular weight excluding hydrogens is 194 g/mol. The Morgan fingerprint density at radius 3 is 2.09 bits per heavy atom. The molecule has 0 unspecified atom stereocenters. The second kappa shape index (κ2) is 6.03. The van der Waals surface area contributed by atoms with Crippen molar-refractivity contribution in [3.8, 4) is 0 Å². The molecule has 1 aliphatic rings. The Bertz CT molecular complexity index is 95.8. The van der Waals surface area contributed by atoms with Crippen LogP contribution >= 0.6 is 0 Å².